The summed E-state index contributed by atoms with van der Waals surface area (Å²) in [4.78, 5) is 36.1. The summed E-state index contributed by atoms with van der Waals surface area (Å²) in [6, 6.07) is 7.30. The number of nitrogens with zero attached hydrogens (tertiary/aromatic N) is 1. The molecule has 2 rings (SSSR count). The molecule has 0 fully saturated rings. The fourth-order valence-electron chi connectivity index (χ4n) is 2.65. The van der Waals surface area contributed by atoms with Crippen molar-refractivity contribution in [3.05, 3.63) is 58.4 Å². The van der Waals surface area contributed by atoms with Crippen LogP contribution in [-0.2, 0) is 24.6 Å². The fraction of sp³-hybridized carbons (Fsp3) is 0.350. The number of aryl methyl sites for hydroxylation is 3. The van der Waals surface area contributed by atoms with Crippen LogP contribution in [0.3, 0.4) is 0 Å². The molecule has 1 heterocycles. The number of carbonyl (C=O) groups excluding carboxylic acids is 3. The van der Waals surface area contributed by atoms with Crippen molar-refractivity contribution in [2.75, 3.05) is 6.61 Å². The Hall–Kier alpha value is -2.69. The highest BCUT2D eigenvalue weighted by atomic mass is 16.5. The third-order valence-corrected chi connectivity index (χ3v) is 4.22. The summed E-state index contributed by atoms with van der Waals surface area (Å²) in [5, 5.41) is 0. The Morgan fingerprint density at radius 3 is 2.36 bits per heavy atom. The first-order chi connectivity index (χ1) is 11.9. The molecule has 0 N–H and O–H groups in total. The van der Waals surface area contributed by atoms with Crippen LogP contribution < -0.4 is 0 Å². The van der Waals surface area contributed by atoms with Gasteiger partial charge in [0.2, 0.25) is 5.78 Å². The first-order valence-corrected chi connectivity index (χ1v) is 8.36. The first kappa shape index (κ1) is 18.6. The molecule has 5 heteroatoms. The molecule has 0 aliphatic heterocycles. The summed E-state index contributed by atoms with van der Waals surface area (Å²) in [7, 11) is 1.66. The lowest BCUT2D eigenvalue weighted by atomic mass is 9.98. The van der Waals surface area contributed by atoms with E-state index in [2.05, 4.69) is 0 Å². The predicted molar refractivity (Wildman–Crippen MR) is 95.2 cm³/mol. The van der Waals surface area contributed by atoms with Gasteiger partial charge >= 0.3 is 5.97 Å². The second-order valence-electron chi connectivity index (χ2n) is 5.98. The van der Waals surface area contributed by atoms with Crippen molar-refractivity contribution in [2.24, 2.45) is 7.05 Å². The van der Waals surface area contributed by atoms with Crippen LogP contribution in [-0.4, -0.2) is 28.7 Å². The van der Waals surface area contributed by atoms with Crippen molar-refractivity contribution in [2.45, 2.75) is 33.6 Å². The minimum Gasteiger partial charge on any atom is -0.453 e. The summed E-state index contributed by atoms with van der Waals surface area (Å²) in [6.45, 7) is 5.12. The van der Waals surface area contributed by atoms with Gasteiger partial charge in [-0.15, -0.1) is 0 Å². The Labute approximate surface area is 147 Å². The summed E-state index contributed by atoms with van der Waals surface area (Å²) in [6.07, 6.45) is 3.14. The molecule has 0 spiro atoms. The number of ether oxygens (including phenoxy) is 1. The number of rotatable bonds is 7. The van der Waals surface area contributed by atoms with Crippen molar-refractivity contribution in [3.63, 3.8) is 0 Å². The van der Waals surface area contributed by atoms with E-state index < -0.39 is 5.97 Å². The molecule has 0 aliphatic rings. The number of aromatic nitrogens is 1. The number of hydrogen-bond donors (Lipinski definition) is 0. The van der Waals surface area contributed by atoms with Crippen molar-refractivity contribution in [3.8, 4) is 0 Å². The van der Waals surface area contributed by atoms with Crippen LogP contribution >= 0.6 is 0 Å². The molecule has 0 saturated carbocycles. The Kier molecular flexibility index (Phi) is 5.91. The van der Waals surface area contributed by atoms with Crippen LogP contribution in [0.25, 0.3) is 0 Å². The maximum Gasteiger partial charge on any atom is 0.355 e. The van der Waals surface area contributed by atoms with E-state index in [0.717, 1.165) is 24.0 Å². The van der Waals surface area contributed by atoms with Crippen LogP contribution in [0, 0.1) is 0 Å². The highest BCUT2D eigenvalue weighted by Crippen LogP contribution is 2.15. The SMILES string of the molecule is CCc1ccc(CC)c(C(=O)COC(=O)c2cc(C(C)=O)cn2C)c1. The first-order valence-electron chi connectivity index (χ1n) is 8.36. The Balaban J connectivity index is 2.12. The Bertz CT molecular complexity index is 817. The van der Waals surface area contributed by atoms with Gasteiger partial charge in [-0.2, -0.15) is 0 Å². The van der Waals surface area contributed by atoms with Gasteiger partial charge in [0.05, 0.1) is 0 Å². The van der Waals surface area contributed by atoms with Gasteiger partial charge in [0.25, 0.3) is 0 Å². The largest absolute Gasteiger partial charge is 0.453 e. The summed E-state index contributed by atoms with van der Waals surface area (Å²) in [5.41, 5.74) is 3.29. The molecule has 0 bridgehead atoms. The summed E-state index contributed by atoms with van der Waals surface area (Å²) >= 11 is 0. The molecular weight excluding hydrogens is 318 g/mol. The van der Waals surface area contributed by atoms with Crippen molar-refractivity contribution in [1.82, 2.24) is 4.57 Å². The predicted octanol–water partition coefficient (Wildman–Crippen LogP) is 3.39. The zero-order valence-electron chi connectivity index (χ0n) is 15.1. The fourth-order valence-corrected chi connectivity index (χ4v) is 2.65. The van der Waals surface area contributed by atoms with E-state index in [0.29, 0.717) is 11.1 Å². The molecule has 0 unspecified atom stereocenters. The molecular formula is C20H23NO4. The topological polar surface area (TPSA) is 65.4 Å². The number of Topliss-reactive ketones (excluding diaryl/α,β-unsaturated/α-hetero) is 2. The van der Waals surface area contributed by atoms with Gasteiger partial charge in [0, 0.05) is 24.4 Å². The lowest BCUT2D eigenvalue weighted by molar-refractivity contribution is 0.0465. The van der Waals surface area contributed by atoms with Crippen LogP contribution in [0.1, 0.15) is 63.1 Å². The van der Waals surface area contributed by atoms with Gasteiger partial charge in [-0.1, -0.05) is 26.0 Å². The number of ketones is 2. The number of carbonyl (C=O) groups is 3. The van der Waals surface area contributed by atoms with E-state index in [4.69, 9.17) is 4.74 Å². The van der Waals surface area contributed by atoms with Crippen LogP contribution in [0.5, 0.6) is 0 Å². The second-order valence-corrected chi connectivity index (χ2v) is 5.98. The summed E-state index contributed by atoms with van der Waals surface area (Å²) < 4.78 is 6.70. The lowest BCUT2D eigenvalue weighted by Crippen LogP contribution is -2.17. The molecule has 0 amide bonds. The average Bonchev–Trinajstić information content (AvgIpc) is 3.00. The minimum atomic E-state index is -0.618. The average molecular weight is 341 g/mol. The van der Waals surface area contributed by atoms with Gasteiger partial charge in [-0.3, -0.25) is 9.59 Å². The highest BCUT2D eigenvalue weighted by Gasteiger charge is 2.18. The molecule has 1 aromatic carbocycles. The molecule has 132 valence electrons. The maximum absolute atomic E-state index is 12.5. The molecule has 0 aliphatic carbocycles. The van der Waals surface area contributed by atoms with Gasteiger partial charge in [-0.25, -0.2) is 4.79 Å². The molecule has 0 radical (unpaired) electrons. The van der Waals surface area contributed by atoms with Crippen molar-refractivity contribution < 1.29 is 19.1 Å². The highest BCUT2D eigenvalue weighted by molar-refractivity contribution is 6.01. The smallest absolute Gasteiger partial charge is 0.355 e. The minimum absolute atomic E-state index is 0.130. The van der Waals surface area contributed by atoms with E-state index >= 15 is 0 Å². The quantitative estimate of drug-likeness (QED) is 0.572. The van der Waals surface area contributed by atoms with E-state index in [9.17, 15) is 14.4 Å². The van der Waals surface area contributed by atoms with Crippen LogP contribution in [0.15, 0.2) is 30.5 Å². The standard InChI is InChI=1S/C20H23NO4/c1-5-14-7-8-15(6-2)17(9-14)19(23)12-25-20(24)18-10-16(13(3)22)11-21(18)4/h7-11H,5-6,12H2,1-4H3. The molecule has 0 atom stereocenters. The van der Waals surface area contributed by atoms with Crippen molar-refractivity contribution in [1.29, 1.82) is 0 Å². The maximum atomic E-state index is 12.5. The van der Waals surface area contributed by atoms with E-state index in [1.165, 1.54) is 17.6 Å². The van der Waals surface area contributed by atoms with Gasteiger partial charge in [-0.05, 0) is 43.0 Å². The number of esters is 1. The number of hydrogen-bond acceptors (Lipinski definition) is 4. The molecule has 5 nitrogen and oxygen atoms in total. The summed E-state index contributed by atoms with van der Waals surface area (Å²) in [5.74, 6) is -0.968. The Morgan fingerprint density at radius 2 is 1.80 bits per heavy atom. The Morgan fingerprint density at radius 1 is 1.08 bits per heavy atom. The zero-order chi connectivity index (χ0) is 18.6. The van der Waals surface area contributed by atoms with Crippen LogP contribution in [0.2, 0.25) is 0 Å². The third kappa shape index (κ3) is 4.24. The monoisotopic (exact) mass is 341 g/mol. The zero-order valence-corrected chi connectivity index (χ0v) is 15.1. The molecule has 1 aromatic heterocycles. The molecule has 25 heavy (non-hydrogen) atoms. The van der Waals surface area contributed by atoms with E-state index in [-0.39, 0.29) is 23.9 Å². The number of benzene rings is 1. The van der Waals surface area contributed by atoms with Gasteiger partial charge in [0.15, 0.2) is 12.4 Å². The normalized spacial score (nSPS) is 10.6. The van der Waals surface area contributed by atoms with Gasteiger partial charge in [0.1, 0.15) is 5.69 Å². The van der Waals surface area contributed by atoms with Crippen LogP contribution in [0.4, 0.5) is 0 Å². The molecule has 2 aromatic rings. The molecule has 0 saturated heterocycles. The van der Waals surface area contributed by atoms with Crippen molar-refractivity contribution >= 4 is 17.5 Å². The van der Waals surface area contributed by atoms with E-state index in [1.54, 1.807) is 13.2 Å². The van der Waals surface area contributed by atoms with Gasteiger partial charge < -0.3 is 9.30 Å². The third-order valence-electron chi connectivity index (χ3n) is 4.22. The lowest BCUT2D eigenvalue weighted by Gasteiger charge is -2.10. The second kappa shape index (κ2) is 7.92. The van der Waals surface area contributed by atoms with E-state index in [1.807, 2.05) is 32.0 Å².